The van der Waals surface area contributed by atoms with Crippen molar-refractivity contribution >= 4 is 11.6 Å². The van der Waals surface area contributed by atoms with Crippen LogP contribution >= 0.6 is 0 Å². The molecule has 3 heteroatoms. The van der Waals surface area contributed by atoms with Gasteiger partial charge in [0.15, 0.2) is 0 Å². The molecule has 0 aliphatic rings. The zero-order valence-electron chi connectivity index (χ0n) is 10.7. The highest BCUT2D eigenvalue weighted by Gasteiger charge is 2.07. The van der Waals surface area contributed by atoms with E-state index >= 15 is 0 Å². The second-order valence-electron chi connectivity index (χ2n) is 4.37. The minimum absolute atomic E-state index is 0.0115. The van der Waals surface area contributed by atoms with Crippen molar-refractivity contribution in [3.05, 3.63) is 29.8 Å². The Kier molecular flexibility index (Phi) is 5.70. The SMILES string of the molecule is CCCc1ccc(NC(=O)CC(N)CC)cc1. The molecule has 17 heavy (non-hydrogen) atoms. The molecule has 0 heterocycles. The predicted molar refractivity (Wildman–Crippen MR) is 72.0 cm³/mol. The summed E-state index contributed by atoms with van der Waals surface area (Å²) in [5.74, 6) is -0.0115. The molecule has 1 rings (SSSR count). The molecule has 3 N–H and O–H groups in total. The first-order valence-corrected chi connectivity index (χ1v) is 6.30. The van der Waals surface area contributed by atoms with Gasteiger partial charge in [-0.3, -0.25) is 4.79 Å². The number of hydrogen-bond acceptors (Lipinski definition) is 2. The molecule has 0 fully saturated rings. The van der Waals surface area contributed by atoms with Crippen molar-refractivity contribution in [3.63, 3.8) is 0 Å². The van der Waals surface area contributed by atoms with E-state index in [-0.39, 0.29) is 11.9 Å². The summed E-state index contributed by atoms with van der Waals surface area (Å²) in [7, 11) is 0. The van der Waals surface area contributed by atoms with Crippen LogP contribution in [0.3, 0.4) is 0 Å². The number of benzene rings is 1. The molecule has 0 bridgehead atoms. The van der Waals surface area contributed by atoms with Gasteiger partial charge in [0.25, 0.3) is 0 Å². The monoisotopic (exact) mass is 234 g/mol. The molecule has 0 saturated heterocycles. The van der Waals surface area contributed by atoms with Gasteiger partial charge in [-0.1, -0.05) is 32.4 Å². The Morgan fingerprint density at radius 1 is 1.29 bits per heavy atom. The maximum atomic E-state index is 11.6. The Bertz CT molecular complexity index is 346. The fourth-order valence-corrected chi connectivity index (χ4v) is 1.64. The first-order chi connectivity index (χ1) is 8.15. The molecule has 0 aliphatic carbocycles. The van der Waals surface area contributed by atoms with Crippen LogP contribution in [0, 0.1) is 0 Å². The zero-order chi connectivity index (χ0) is 12.7. The molecular formula is C14H22N2O. The van der Waals surface area contributed by atoms with E-state index in [1.165, 1.54) is 5.56 Å². The molecule has 0 aromatic heterocycles. The lowest BCUT2D eigenvalue weighted by molar-refractivity contribution is -0.116. The average Bonchev–Trinajstić information content (AvgIpc) is 2.31. The quantitative estimate of drug-likeness (QED) is 0.795. The van der Waals surface area contributed by atoms with E-state index in [1.807, 2.05) is 19.1 Å². The molecule has 1 unspecified atom stereocenters. The molecule has 0 aliphatic heterocycles. The second-order valence-corrected chi connectivity index (χ2v) is 4.37. The molecule has 94 valence electrons. The van der Waals surface area contributed by atoms with Gasteiger partial charge >= 0.3 is 0 Å². The van der Waals surface area contributed by atoms with E-state index in [9.17, 15) is 4.79 Å². The van der Waals surface area contributed by atoms with Gasteiger partial charge in [0.05, 0.1) is 0 Å². The van der Waals surface area contributed by atoms with E-state index in [0.717, 1.165) is 24.9 Å². The van der Waals surface area contributed by atoms with Gasteiger partial charge in [-0.05, 0) is 30.5 Å². The molecule has 1 atom stereocenters. The third-order valence-corrected chi connectivity index (χ3v) is 2.75. The largest absolute Gasteiger partial charge is 0.327 e. The topological polar surface area (TPSA) is 55.1 Å². The highest BCUT2D eigenvalue weighted by Crippen LogP contribution is 2.11. The minimum Gasteiger partial charge on any atom is -0.327 e. The molecule has 0 saturated carbocycles. The van der Waals surface area contributed by atoms with Crippen LogP contribution < -0.4 is 11.1 Å². The van der Waals surface area contributed by atoms with Crippen molar-refractivity contribution in [2.24, 2.45) is 5.73 Å². The van der Waals surface area contributed by atoms with Crippen molar-refractivity contribution < 1.29 is 4.79 Å². The maximum Gasteiger partial charge on any atom is 0.225 e. The van der Waals surface area contributed by atoms with Gasteiger partial charge < -0.3 is 11.1 Å². The fourth-order valence-electron chi connectivity index (χ4n) is 1.64. The molecular weight excluding hydrogens is 212 g/mol. The van der Waals surface area contributed by atoms with Crippen LogP contribution in [0.4, 0.5) is 5.69 Å². The minimum atomic E-state index is -0.0469. The van der Waals surface area contributed by atoms with Crippen LogP contribution in [-0.2, 0) is 11.2 Å². The number of hydrogen-bond donors (Lipinski definition) is 2. The van der Waals surface area contributed by atoms with E-state index in [4.69, 9.17) is 5.73 Å². The lowest BCUT2D eigenvalue weighted by atomic mass is 10.1. The Morgan fingerprint density at radius 3 is 2.47 bits per heavy atom. The van der Waals surface area contributed by atoms with E-state index in [0.29, 0.717) is 6.42 Å². The van der Waals surface area contributed by atoms with Gasteiger partial charge in [0, 0.05) is 18.2 Å². The fraction of sp³-hybridized carbons (Fsp3) is 0.500. The van der Waals surface area contributed by atoms with Crippen LogP contribution in [0.2, 0.25) is 0 Å². The summed E-state index contributed by atoms with van der Waals surface area (Å²) in [6.07, 6.45) is 3.42. The number of carbonyl (C=O) groups excluding carboxylic acids is 1. The summed E-state index contributed by atoms with van der Waals surface area (Å²) >= 11 is 0. The van der Waals surface area contributed by atoms with Crippen LogP contribution in [0.25, 0.3) is 0 Å². The summed E-state index contributed by atoms with van der Waals surface area (Å²) in [4.78, 5) is 11.6. The summed E-state index contributed by atoms with van der Waals surface area (Å²) in [6.45, 7) is 4.14. The number of anilines is 1. The highest BCUT2D eigenvalue weighted by atomic mass is 16.1. The standard InChI is InChI=1S/C14H22N2O/c1-3-5-11-6-8-13(9-7-11)16-14(17)10-12(15)4-2/h6-9,12H,3-5,10,15H2,1-2H3,(H,16,17). The molecule has 1 amide bonds. The Hall–Kier alpha value is -1.35. The van der Waals surface area contributed by atoms with Gasteiger partial charge in [-0.15, -0.1) is 0 Å². The van der Waals surface area contributed by atoms with Gasteiger partial charge in [-0.2, -0.15) is 0 Å². The molecule has 1 aromatic rings. The van der Waals surface area contributed by atoms with E-state index in [1.54, 1.807) is 0 Å². The summed E-state index contributed by atoms with van der Waals surface area (Å²) in [5.41, 5.74) is 7.88. The Labute approximate surface area is 103 Å². The first kappa shape index (κ1) is 13.7. The number of nitrogens with one attached hydrogen (secondary N) is 1. The molecule has 1 aromatic carbocycles. The Morgan fingerprint density at radius 2 is 1.94 bits per heavy atom. The van der Waals surface area contributed by atoms with Gasteiger partial charge in [0.2, 0.25) is 5.91 Å². The number of aryl methyl sites for hydroxylation is 1. The highest BCUT2D eigenvalue weighted by molar-refractivity contribution is 5.91. The number of rotatable bonds is 6. The van der Waals surface area contributed by atoms with Crippen LogP contribution in [0.5, 0.6) is 0 Å². The maximum absolute atomic E-state index is 11.6. The van der Waals surface area contributed by atoms with Crippen LogP contribution in [-0.4, -0.2) is 11.9 Å². The van der Waals surface area contributed by atoms with Crippen LogP contribution in [0.15, 0.2) is 24.3 Å². The number of nitrogens with two attached hydrogens (primary N) is 1. The normalized spacial score (nSPS) is 12.2. The number of carbonyl (C=O) groups is 1. The predicted octanol–water partition coefficient (Wildman–Crippen LogP) is 2.71. The van der Waals surface area contributed by atoms with Gasteiger partial charge in [0.1, 0.15) is 0 Å². The summed E-state index contributed by atoms with van der Waals surface area (Å²) < 4.78 is 0. The van der Waals surface area contributed by atoms with Crippen molar-refractivity contribution in [2.45, 2.75) is 45.6 Å². The number of amides is 1. The smallest absolute Gasteiger partial charge is 0.225 e. The molecule has 0 spiro atoms. The summed E-state index contributed by atoms with van der Waals surface area (Å²) in [6, 6.07) is 7.95. The lowest BCUT2D eigenvalue weighted by Crippen LogP contribution is -2.26. The Balaban J connectivity index is 2.48. The van der Waals surface area contributed by atoms with Crippen molar-refractivity contribution in [1.29, 1.82) is 0 Å². The first-order valence-electron chi connectivity index (χ1n) is 6.30. The zero-order valence-corrected chi connectivity index (χ0v) is 10.7. The second kappa shape index (κ2) is 7.07. The van der Waals surface area contributed by atoms with Crippen molar-refractivity contribution in [1.82, 2.24) is 0 Å². The lowest BCUT2D eigenvalue weighted by Gasteiger charge is -2.09. The van der Waals surface area contributed by atoms with Crippen molar-refractivity contribution in [2.75, 3.05) is 5.32 Å². The van der Waals surface area contributed by atoms with E-state index in [2.05, 4.69) is 24.4 Å². The summed E-state index contributed by atoms with van der Waals surface area (Å²) in [5, 5.41) is 2.86. The van der Waals surface area contributed by atoms with Crippen molar-refractivity contribution in [3.8, 4) is 0 Å². The molecule has 3 nitrogen and oxygen atoms in total. The van der Waals surface area contributed by atoms with E-state index < -0.39 is 0 Å². The third-order valence-electron chi connectivity index (χ3n) is 2.75. The third kappa shape index (κ3) is 5.00. The van der Waals surface area contributed by atoms with Gasteiger partial charge in [-0.25, -0.2) is 0 Å². The molecule has 0 radical (unpaired) electrons. The van der Waals surface area contributed by atoms with Crippen LogP contribution in [0.1, 0.15) is 38.7 Å². The average molecular weight is 234 g/mol.